The summed E-state index contributed by atoms with van der Waals surface area (Å²) in [6.07, 6.45) is 5.98. The summed E-state index contributed by atoms with van der Waals surface area (Å²) in [5.74, 6) is 0.0111. The molecule has 0 bridgehead atoms. The first kappa shape index (κ1) is 15.5. The third-order valence-electron chi connectivity index (χ3n) is 2.95. The summed E-state index contributed by atoms with van der Waals surface area (Å²) in [6.45, 7) is 6.95. The van der Waals surface area contributed by atoms with Crippen molar-refractivity contribution in [3.8, 4) is 6.08 Å². The van der Waals surface area contributed by atoms with E-state index >= 15 is 0 Å². The average Bonchev–Trinajstić information content (AvgIpc) is 2.88. The van der Waals surface area contributed by atoms with E-state index in [1.165, 1.54) is 19.1 Å². The largest absolute Gasteiger partial charge is 0.461 e. The zero-order valence-corrected chi connectivity index (χ0v) is 12.0. The van der Waals surface area contributed by atoms with Crippen LogP contribution in [0.2, 0.25) is 0 Å². The highest BCUT2D eigenvalue weighted by molar-refractivity contribution is 5.86. The lowest BCUT2D eigenvalue weighted by Crippen LogP contribution is -2.11. The average molecular weight is 269 g/mol. The third kappa shape index (κ3) is 5.32. The number of carbonyl (C=O) groups excluding carboxylic acids is 1. The first-order valence-electron chi connectivity index (χ1n) is 6.96. The van der Waals surface area contributed by atoms with Crippen LogP contribution in [0.15, 0.2) is 10.7 Å². The summed E-state index contributed by atoms with van der Waals surface area (Å²) < 4.78 is 15.4. The Morgan fingerprint density at radius 3 is 2.84 bits per heavy atom. The van der Waals surface area contributed by atoms with Gasteiger partial charge < -0.3 is 13.9 Å². The third-order valence-corrected chi connectivity index (χ3v) is 2.95. The van der Waals surface area contributed by atoms with Crippen molar-refractivity contribution < 1.29 is 18.7 Å². The second-order valence-electron chi connectivity index (χ2n) is 4.45. The molecule has 108 valence electrons. The Kier molecular flexibility index (Phi) is 7.00. The molecule has 19 heavy (non-hydrogen) atoms. The van der Waals surface area contributed by atoms with Gasteiger partial charge in [-0.15, -0.1) is 0 Å². The van der Waals surface area contributed by atoms with Gasteiger partial charge in [0.1, 0.15) is 6.26 Å². The van der Waals surface area contributed by atoms with Gasteiger partial charge in [-0.05, 0) is 19.3 Å². The number of nitrogens with zero attached hydrogens (tertiary/aromatic N) is 1. The van der Waals surface area contributed by atoms with Gasteiger partial charge in [0.15, 0.2) is 5.69 Å². The van der Waals surface area contributed by atoms with Crippen molar-refractivity contribution >= 4 is 5.97 Å². The summed E-state index contributed by atoms with van der Waals surface area (Å²) in [5.41, 5.74) is 0.151. The van der Waals surface area contributed by atoms with E-state index in [1.807, 2.05) is 0 Å². The Balaban J connectivity index is 2.42. The normalized spacial score (nSPS) is 12.2. The topological polar surface area (TPSA) is 61.6 Å². The fourth-order valence-corrected chi connectivity index (χ4v) is 1.71. The number of esters is 1. The molecule has 0 spiro atoms. The van der Waals surface area contributed by atoms with Gasteiger partial charge >= 0.3 is 12.0 Å². The predicted octanol–water partition coefficient (Wildman–Crippen LogP) is 3.45. The zero-order valence-electron chi connectivity index (χ0n) is 12.0. The molecule has 1 atom stereocenters. The monoisotopic (exact) mass is 269 g/mol. The maximum absolute atomic E-state index is 11.4. The molecule has 5 nitrogen and oxygen atoms in total. The molecule has 0 saturated heterocycles. The van der Waals surface area contributed by atoms with E-state index in [0.717, 1.165) is 12.8 Å². The standard InChI is InChI=1S/C14H23NO4/c1-4-7-8-11(5-2)9-18-14-15-12(10-19-14)13(16)17-6-3/h10-11H,4-9H2,1-3H3. The van der Waals surface area contributed by atoms with E-state index < -0.39 is 5.97 Å². The highest BCUT2D eigenvalue weighted by atomic mass is 16.6. The molecule has 0 saturated carbocycles. The Hall–Kier alpha value is -1.52. The number of hydrogen-bond donors (Lipinski definition) is 0. The number of rotatable bonds is 9. The summed E-state index contributed by atoms with van der Waals surface area (Å²) in [7, 11) is 0. The fourth-order valence-electron chi connectivity index (χ4n) is 1.71. The lowest BCUT2D eigenvalue weighted by Gasteiger charge is -2.13. The van der Waals surface area contributed by atoms with E-state index in [0.29, 0.717) is 19.1 Å². The zero-order chi connectivity index (χ0) is 14.1. The van der Waals surface area contributed by atoms with Crippen molar-refractivity contribution in [1.82, 2.24) is 4.98 Å². The van der Waals surface area contributed by atoms with Crippen molar-refractivity contribution in [2.75, 3.05) is 13.2 Å². The molecule has 0 aliphatic heterocycles. The molecule has 0 amide bonds. The minimum atomic E-state index is -0.487. The van der Waals surface area contributed by atoms with Crippen LogP contribution in [0.3, 0.4) is 0 Å². The van der Waals surface area contributed by atoms with E-state index in [1.54, 1.807) is 6.92 Å². The molecule has 1 aromatic heterocycles. The first-order chi connectivity index (χ1) is 9.21. The van der Waals surface area contributed by atoms with Gasteiger partial charge in [-0.2, -0.15) is 4.98 Å². The summed E-state index contributed by atoms with van der Waals surface area (Å²) in [6, 6.07) is 0. The first-order valence-corrected chi connectivity index (χ1v) is 6.96. The number of carbonyl (C=O) groups is 1. The number of aromatic nitrogens is 1. The molecule has 0 aromatic carbocycles. The molecule has 0 aliphatic carbocycles. The number of oxazole rings is 1. The maximum atomic E-state index is 11.4. The molecule has 0 fully saturated rings. The Labute approximate surface area is 114 Å². The van der Waals surface area contributed by atoms with Gasteiger partial charge in [0.25, 0.3) is 0 Å². The van der Waals surface area contributed by atoms with Crippen molar-refractivity contribution in [3.63, 3.8) is 0 Å². The molecular formula is C14H23NO4. The van der Waals surface area contributed by atoms with Crippen LogP contribution in [0.4, 0.5) is 0 Å². The van der Waals surface area contributed by atoms with Crippen LogP contribution in [0.5, 0.6) is 6.08 Å². The highest BCUT2D eigenvalue weighted by Crippen LogP contribution is 2.16. The van der Waals surface area contributed by atoms with Crippen LogP contribution in [0.1, 0.15) is 56.9 Å². The van der Waals surface area contributed by atoms with Crippen molar-refractivity contribution in [2.24, 2.45) is 5.92 Å². The molecule has 1 aromatic rings. The lowest BCUT2D eigenvalue weighted by atomic mass is 10.0. The van der Waals surface area contributed by atoms with Crippen LogP contribution in [0.25, 0.3) is 0 Å². The molecule has 0 radical (unpaired) electrons. The van der Waals surface area contributed by atoms with E-state index in [9.17, 15) is 4.79 Å². The van der Waals surface area contributed by atoms with Crippen molar-refractivity contribution in [3.05, 3.63) is 12.0 Å². The van der Waals surface area contributed by atoms with E-state index in [4.69, 9.17) is 13.9 Å². The summed E-state index contributed by atoms with van der Waals surface area (Å²) >= 11 is 0. The second-order valence-corrected chi connectivity index (χ2v) is 4.45. The molecule has 1 unspecified atom stereocenters. The minimum absolute atomic E-state index is 0.137. The molecule has 5 heteroatoms. The van der Waals surface area contributed by atoms with Crippen LogP contribution in [-0.2, 0) is 4.74 Å². The van der Waals surface area contributed by atoms with Crippen LogP contribution in [0, 0.1) is 5.92 Å². The van der Waals surface area contributed by atoms with Crippen LogP contribution < -0.4 is 4.74 Å². The SMILES string of the molecule is CCCCC(CC)COc1nc(C(=O)OCC)co1. The number of hydrogen-bond acceptors (Lipinski definition) is 5. The van der Waals surface area contributed by atoms with Gasteiger partial charge in [0.05, 0.1) is 13.2 Å². The molecule has 1 rings (SSSR count). The Morgan fingerprint density at radius 2 is 2.21 bits per heavy atom. The number of unbranched alkanes of at least 4 members (excludes halogenated alkanes) is 1. The Morgan fingerprint density at radius 1 is 1.42 bits per heavy atom. The molecular weight excluding hydrogens is 246 g/mol. The van der Waals surface area contributed by atoms with Gasteiger partial charge in [0.2, 0.25) is 0 Å². The maximum Gasteiger partial charge on any atom is 0.394 e. The van der Waals surface area contributed by atoms with Gasteiger partial charge in [-0.3, -0.25) is 0 Å². The van der Waals surface area contributed by atoms with Crippen molar-refractivity contribution in [1.29, 1.82) is 0 Å². The molecule has 0 N–H and O–H groups in total. The minimum Gasteiger partial charge on any atom is -0.461 e. The lowest BCUT2D eigenvalue weighted by molar-refractivity contribution is 0.0519. The fraction of sp³-hybridized carbons (Fsp3) is 0.714. The van der Waals surface area contributed by atoms with E-state index in [2.05, 4.69) is 18.8 Å². The second kappa shape index (κ2) is 8.56. The Bertz CT molecular complexity index is 375. The van der Waals surface area contributed by atoms with Crippen LogP contribution in [-0.4, -0.2) is 24.2 Å². The smallest absolute Gasteiger partial charge is 0.394 e. The number of ether oxygens (including phenoxy) is 2. The predicted molar refractivity (Wildman–Crippen MR) is 71.3 cm³/mol. The summed E-state index contributed by atoms with van der Waals surface area (Å²) in [4.78, 5) is 15.3. The quantitative estimate of drug-likeness (QED) is 0.642. The molecule has 1 heterocycles. The molecule has 0 aliphatic rings. The highest BCUT2D eigenvalue weighted by Gasteiger charge is 2.15. The van der Waals surface area contributed by atoms with Gasteiger partial charge in [-0.1, -0.05) is 33.1 Å². The van der Waals surface area contributed by atoms with Gasteiger partial charge in [-0.25, -0.2) is 4.79 Å². The van der Waals surface area contributed by atoms with E-state index in [-0.39, 0.29) is 11.8 Å². The van der Waals surface area contributed by atoms with Gasteiger partial charge in [0, 0.05) is 0 Å². The van der Waals surface area contributed by atoms with Crippen molar-refractivity contribution in [2.45, 2.75) is 46.5 Å². The van der Waals surface area contributed by atoms with Crippen LogP contribution >= 0.6 is 0 Å². The summed E-state index contributed by atoms with van der Waals surface area (Å²) in [5, 5.41) is 0.